The van der Waals surface area contributed by atoms with Crippen LogP contribution in [0.1, 0.15) is 29.2 Å². The molecular weight excluding hydrogens is 179 g/mol. The Balaban J connectivity index is 2.41. The highest BCUT2D eigenvalue weighted by Gasteiger charge is 2.17. The monoisotopic (exact) mass is 194 g/mol. The van der Waals surface area contributed by atoms with E-state index >= 15 is 0 Å². The SMILES string of the molecule is NC[C@H](N)c1cc(F)c2c(c1)CCC2. The molecule has 0 saturated carbocycles. The summed E-state index contributed by atoms with van der Waals surface area (Å²) in [7, 11) is 0. The van der Waals surface area contributed by atoms with Gasteiger partial charge in [-0.05, 0) is 42.0 Å². The summed E-state index contributed by atoms with van der Waals surface area (Å²) < 4.78 is 13.6. The van der Waals surface area contributed by atoms with E-state index in [4.69, 9.17) is 11.5 Å². The van der Waals surface area contributed by atoms with E-state index in [-0.39, 0.29) is 11.9 Å². The van der Waals surface area contributed by atoms with Crippen LogP contribution in [0.25, 0.3) is 0 Å². The molecule has 1 atom stereocenters. The molecule has 0 fully saturated rings. The summed E-state index contributed by atoms with van der Waals surface area (Å²) in [5, 5.41) is 0. The zero-order chi connectivity index (χ0) is 10.1. The van der Waals surface area contributed by atoms with E-state index in [2.05, 4.69) is 0 Å². The van der Waals surface area contributed by atoms with E-state index in [1.165, 1.54) is 6.07 Å². The molecule has 0 aromatic heterocycles. The van der Waals surface area contributed by atoms with Crippen LogP contribution in [0.4, 0.5) is 4.39 Å². The predicted molar refractivity (Wildman–Crippen MR) is 54.4 cm³/mol. The van der Waals surface area contributed by atoms with E-state index in [1.807, 2.05) is 6.07 Å². The van der Waals surface area contributed by atoms with Crippen LogP contribution in [-0.2, 0) is 12.8 Å². The number of aryl methyl sites for hydroxylation is 1. The van der Waals surface area contributed by atoms with Gasteiger partial charge < -0.3 is 11.5 Å². The van der Waals surface area contributed by atoms with Gasteiger partial charge in [0, 0.05) is 12.6 Å². The molecule has 0 unspecified atom stereocenters. The highest BCUT2D eigenvalue weighted by atomic mass is 19.1. The van der Waals surface area contributed by atoms with Crippen molar-refractivity contribution in [3.63, 3.8) is 0 Å². The topological polar surface area (TPSA) is 52.0 Å². The van der Waals surface area contributed by atoms with Crippen LogP contribution in [0.5, 0.6) is 0 Å². The summed E-state index contributed by atoms with van der Waals surface area (Å²) >= 11 is 0. The van der Waals surface area contributed by atoms with Crippen molar-refractivity contribution in [3.8, 4) is 0 Å². The van der Waals surface area contributed by atoms with Crippen molar-refractivity contribution < 1.29 is 4.39 Å². The number of hydrogen-bond donors (Lipinski definition) is 2. The van der Waals surface area contributed by atoms with E-state index in [9.17, 15) is 4.39 Å². The number of fused-ring (bicyclic) bond motifs is 1. The third-order valence-corrected chi connectivity index (χ3v) is 2.87. The predicted octanol–water partition coefficient (Wildman–Crippen LogP) is 1.27. The Hall–Kier alpha value is -0.930. The molecule has 0 bridgehead atoms. The van der Waals surface area contributed by atoms with Crippen LogP contribution in [0.3, 0.4) is 0 Å². The molecule has 1 aliphatic carbocycles. The first kappa shape index (κ1) is 9.62. The van der Waals surface area contributed by atoms with Crippen LogP contribution < -0.4 is 11.5 Å². The Morgan fingerprint density at radius 2 is 2.14 bits per heavy atom. The first-order valence-corrected chi connectivity index (χ1v) is 4.99. The summed E-state index contributed by atoms with van der Waals surface area (Å²) in [6.45, 7) is 0.359. The van der Waals surface area contributed by atoms with Gasteiger partial charge in [0.1, 0.15) is 5.82 Å². The van der Waals surface area contributed by atoms with Gasteiger partial charge in [-0.1, -0.05) is 6.07 Å². The second kappa shape index (κ2) is 3.67. The second-order valence-corrected chi connectivity index (χ2v) is 3.84. The quantitative estimate of drug-likeness (QED) is 0.745. The van der Waals surface area contributed by atoms with E-state index in [0.717, 1.165) is 36.0 Å². The lowest BCUT2D eigenvalue weighted by atomic mass is 10.0. The van der Waals surface area contributed by atoms with Crippen LogP contribution in [0.15, 0.2) is 12.1 Å². The molecule has 0 radical (unpaired) electrons. The summed E-state index contributed by atoms with van der Waals surface area (Å²) in [6, 6.07) is 3.29. The van der Waals surface area contributed by atoms with Crippen LogP contribution in [0, 0.1) is 5.82 Å². The van der Waals surface area contributed by atoms with Gasteiger partial charge in [0.2, 0.25) is 0 Å². The molecule has 0 heterocycles. The molecule has 0 amide bonds. The molecule has 1 aromatic carbocycles. The smallest absolute Gasteiger partial charge is 0.127 e. The fourth-order valence-electron chi connectivity index (χ4n) is 2.03. The molecule has 1 aromatic rings. The Labute approximate surface area is 83.1 Å². The molecule has 4 N–H and O–H groups in total. The summed E-state index contributed by atoms with van der Waals surface area (Å²) in [6.07, 6.45) is 2.88. The van der Waals surface area contributed by atoms with Crippen LogP contribution in [-0.4, -0.2) is 6.54 Å². The molecule has 0 spiro atoms. The summed E-state index contributed by atoms with van der Waals surface area (Å²) in [5.41, 5.74) is 14.0. The molecule has 14 heavy (non-hydrogen) atoms. The second-order valence-electron chi connectivity index (χ2n) is 3.84. The third kappa shape index (κ3) is 1.53. The number of hydrogen-bond acceptors (Lipinski definition) is 2. The first-order chi connectivity index (χ1) is 6.72. The van der Waals surface area contributed by atoms with Gasteiger partial charge in [-0.2, -0.15) is 0 Å². The molecule has 0 saturated heterocycles. The molecule has 2 nitrogen and oxygen atoms in total. The van der Waals surface area contributed by atoms with E-state index in [0.29, 0.717) is 6.54 Å². The van der Waals surface area contributed by atoms with Crippen molar-refractivity contribution >= 4 is 0 Å². The van der Waals surface area contributed by atoms with E-state index < -0.39 is 0 Å². The van der Waals surface area contributed by atoms with Gasteiger partial charge in [0.25, 0.3) is 0 Å². The van der Waals surface area contributed by atoms with Gasteiger partial charge in [0.05, 0.1) is 0 Å². The maximum absolute atomic E-state index is 13.6. The maximum atomic E-state index is 13.6. The summed E-state index contributed by atoms with van der Waals surface area (Å²) in [4.78, 5) is 0. The lowest BCUT2D eigenvalue weighted by molar-refractivity contribution is 0.605. The van der Waals surface area contributed by atoms with Crippen molar-refractivity contribution in [1.29, 1.82) is 0 Å². The minimum Gasteiger partial charge on any atom is -0.329 e. The van der Waals surface area contributed by atoms with Crippen LogP contribution in [0.2, 0.25) is 0 Å². The highest BCUT2D eigenvalue weighted by Crippen LogP contribution is 2.27. The molecule has 1 aliphatic rings. The molecular formula is C11H15FN2. The number of benzene rings is 1. The van der Waals surface area contributed by atoms with Gasteiger partial charge in [0.15, 0.2) is 0 Å². The number of rotatable bonds is 2. The van der Waals surface area contributed by atoms with Crippen molar-refractivity contribution in [3.05, 3.63) is 34.6 Å². The Morgan fingerprint density at radius 3 is 2.86 bits per heavy atom. The van der Waals surface area contributed by atoms with Gasteiger partial charge >= 0.3 is 0 Å². The number of nitrogens with two attached hydrogens (primary N) is 2. The standard InChI is InChI=1S/C11H15FN2/c12-10-5-8(11(14)6-13)4-7-2-1-3-9(7)10/h4-5,11H,1-3,6,13-14H2/t11-/m0/s1. The minimum atomic E-state index is -0.240. The van der Waals surface area contributed by atoms with Gasteiger partial charge in [-0.3, -0.25) is 0 Å². The zero-order valence-corrected chi connectivity index (χ0v) is 8.09. The average Bonchev–Trinajstić information content (AvgIpc) is 2.64. The molecule has 2 rings (SSSR count). The number of halogens is 1. The maximum Gasteiger partial charge on any atom is 0.127 e. The van der Waals surface area contributed by atoms with Gasteiger partial charge in [-0.25, -0.2) is 4.39 Å². The average molecular weight is 194 g/mol. The lowest BCUT2D eigenvalue weighted by Crippen LogP contribution is -2.21. The summed E-state index contributed by atoms with van der Waals surface area (Å²) in [5.74, 6) is -0.112. The first-order valence-electron chi connectivity index (χ1n) is 4.99. The Bertz CT molecular complexity index is 349. The largest absolute Gasteiger partial charge is 0.329 e. The molecule has 3 heteroatoms. The minimum absolute atomic E-state index is 0.112. The Morgan fingerprint density at radius 1 is 1.36 bits per heavy atom. The van der Waals surface area contributed by atoms with E-state index in [1.54, 1.807) is 0 Å². The highest BCUT2D eigenvalue weighted by molar-refractivity contribution is 5.37. The lowest BCUT2D eigenvalue weighted by Gasteiger charge is -2.11. The zero-order valence-electron chi connectivity index (χ0n) is 8.09. The fourth-order valence-corrected chi connectivity index (χ4v) is 2.03. The normalized spacial score (nSPS) is 16.8. The fraction of sp³-hybridized carbons (Fsp3) is 0.455. The molecule has 0 aliphatic heterocycles. The van der Waals surface area contributed by atoms with Crippen molar-refractivity contribution in [2.45, 2.75) is 25.3 Å². The molecule has 76 valence electrons. The third-order valence-electron chi connectivity index (χ3n) is 2.87. The van der Waals surface area contributed by atoms with Crippen molar-refractivity contribution in [2.24, 2.45) is 11.5 Å². The Kier molecular flexibility index (Phi) is 2.52. The van der Waals surface area contributed by atoms with Crippen molar-refractivity contribution in [1.82, 2.24) is 0 Å². The van der Waals surface area contributed by atoms with Gasteiger partial charge in [-0.15, -0.1) is 0 Å². The van der Waals surface area contributed by atoms with Crippen molar-refractivity contribution in [2.75, 3.05) is 6.54 Å². The van der Waals surface area contributed by atoms with Crippen LogP contribution >= 0.6 is 0 Å².